The van der Waals surface area contributed by atoms with Crippen molar-refractivity contribution in [3.63, 3.8) is 0 Å². The van der Waals surface area contributed by atoms with Gasteiger partial charge < -0.3 is 15.1 Å². The first-order valence-electron chi connectivity index (χ1n) is 11.3. The van der Waals surface area contributed by atoms with Crippen molar-refractivity contribution < 1.29 is 9.72 Å². The maximum atomic E-state index is 13.2. The van der Waals surface area contributed by atoms with E-state index in [9.17, 15) is 14.9 Å². The Morgan fingerprint density at radius 1 is 0.970 bits per heavy atom. The Morgan fingerprint density at radius 2 is 1.58 bits per heavy atom. The molecular weight excluding hydrogens is 436 g/mol. The number of nitrogens with one attached hydrogen (secondary N) is 1. The van der Waals surface area contributed by atoms with E-state index in [4.69, 9.17) is 12.2 Å². The molecule has 0 aliphatic carbocycles. The number of hydrogen-bond acceptors (Lipinski definition) is 4. The summed E-state index contributed by atoms with van der Waals surface area (Å²) in [4.78, 5) is 28.1. The Morgan fingerprint density at radius 3 is 2.18 bits per heavy atom. The Labute approximate surface area is 199 Å². The van der Waals surface area contributed by atoms with Crippen molar-refractivity contribution in [3.05, 3.63) is 68.8 Å². The predicted octanol–water partition coefficient (Wildman–Crippen LogP) is 4.85. The summed E-state index contributed by atoms with van der Waals surface area (Å²) in [5, 5.41) is 15.5. The summed E-state index contributed by atoms with van der Waals surface area (Å²) in [5.41, 5.74) is 4.37. The highest BCUT2D eigenvalue weighted by Gasteiger charge is 2.43. The highest BCUT2D eigenvalue weighted by atomic mass is 32.1. The van der Waals surface area contributed by atoms with E-state index in [1.54, 1.807) is 17.0 Å². The van der Waals surface area contributed by atoms with Gasteiger partial charge in [-0.1, -0.05) is 12.1 Å². The third-order valence-corrected chi connectivity index (χ3v) is 7.25. The number of aryl methyl sites for hydroxylation is 3. The fourth-order valence-corrected chi connectivity index (χ4v) is 5.40. The first kappa shape index (κ1) is 23.2. The van der Waals surface area contributed by atoms with Gasteiger partial charge in [0.1, 0.15) is 5.56 Å². The van der Waals surface area contributed by atoms with Crippen molar-refractivity contribution in [1.29, 1.82) is 0 Å². The van der Waals surface area contributed by atoms with Crippen LogP contribution < -0.4 is 5.32 Å². The van der Waals surface area contributed by atoms with Crippen LogP contribution in [0.4, 0.5) is 11.4 Å². The number of nitrogens with zero attached hydrogens (tertiary/aromatic N) is 3. The van der Waals surface area contributed by atoms with E-state index in [1.807, 2.05) is 6.92 Å². The Hall–Kier alpha value is -3.00. The number of nitro benzene ring substituents is 1. The monoisotopic (exact) mass is 466 g/mol. The number of amides is 1. The van der Waals surface area contributed by atoms with Gasteiger partial charge >= 0.3 is 0 Å². The number of anilines is 1. The second kappa shape index (κ2) is 9.09. The lowest BCUT2D eigenvalue weighted by Crippen LogP contribution is -2.46. The maximum Gasteiger partial charge on any atom is 0.282 e. The summed E-state index contributed by atoms with van der Waals surface area (Å²) in [7, 11) is 0. The molecule has 2 aromatic carbocycles. The van der Waals surface area contributed by atoms with Crippen LogP contribution in [0.5, 0.6) is 0 Å². The molecule has 1 amide bonds. The predicted molar refractivity (Wildman–Crippen MR) is 134 cm³/mol. The average molecular weight is 467 g/mol. The SMILES string of the molecule is Cc1cc(C)cc(NC(=S)N2CCC3(CCN(C(=O)c4cc(C)ccc4[N+](=O)[O-])C3)CC2)c1. The third-order valence-electron chi connectivity index (χ3n) is 6.89. The molecule has 2 saturated heterocycles. The largest absolute Gasteiger partial charge is 0.349 e. The minimum Gasteiger partial charge on any atom is -0.349 e. The molecule has 0 radical (unpaired) electrons. The molecule has 0 atom stereocenters. The molecule has 2 aliphatic rings. The number of carbonyl (C=O) groups excluding carboxylic acids is 1. The highest BCUT2D eigenvalue weighted by Crippen LogP contribution is 2.41. The van der Waals surface area contributed by atoms with Gasteiger partial charge in [0.15, 0.2) is 5.11 Å². The van der Waals surface area contributed by atoms with E-state index >= 15 is 0 Å². The second-order valence-electron chi connectivity index (χ2n) is 9.55. The van der Waals surface area contributed by atoms with Gasteiger partial charge in [0.2, 0.25) is 0 Å². The minimum atomic E-state index is -0.472. The molecule has 7 nitrogen and oxygen atoms in total. The molecule has 33 heavy (non-hydrogen) atoms. The summed E-state index contributed by atoms with van der Waals surface area (Å²) in [6, 6.07) is 11.1. The fraction of sp³-hybridized carbons (Fsp3) is 0.440. The maximum absolute atomic E-state index is 13.2. The van der Waals surface area contributed by atoms with E-state index in [0.29, 0.717) is 13.1 Å². The van der Waals surface area contributed by atoms with Crippen LogP contribution in [0.1, 0.15) is 46.3 Å². The van der Waals surface area contributed by atoms with Crippen molar-refractivity contribution in [2.24, 2.45) is 5.41 Å². The minimum absolute atomic E-state index is 0.0559. The molecule has 0 bridgehead atoms. The number of piperidine rings is 1. The van der Waals surface area contributed by atoms with Gasteiger partial charge in [-0.15, -0.1) is 0 Å². The quantitative estimate of drug-likeness (QED) is 0.396. The number of hydrogen-bond donors (Lipinski definition) is 1. The van der Waals surface area contributed by atoms with Gasteiger partial charge in [-0.25, -0.2) is 0 Å². The molecule has 2 fully saturated rings. The molecule has 1 N–H and O–H groups in total. The first-order valence-corrected chi connectivity index (χ1v) is 11.8. The standard InChI is InChI=1S/C25H30N4O3S/c1-17-4-5-22(29(31)32)21(15-17)23(30)28-11-8-25(16-28)6-9-27(10-7-25)24(33)26-20-13-18(2)12-19(3)14-20/h4-5,12-15H,6-11,16H2,1-3H3,(H,26,33). The van der Waals surface area contributed by atoms with Crippen molar-refractivity contribution in [1.82, 2.24) is 9.80 Å². The van der Waals surface area contributed by atoms with Crippen LogP contribution in [0.3, 0.4) is 0 Å². The highest BCUT2D eigenvalue weighted by molar-refractivity contribution is 7.80. The normalized spacial score (nSPS) is 17.3. The molecule has 2 aliphatic heterocycles. The van der Waals surface area contributed by atoms with Crippen LogP contribution in [0, 0.1) is 36.3 Å². The average Bonchev–Trinajstić information content (AvgIpc) is 3.16. The van der Waals surface area contributed by atoms with Gasteiger partial charge in [0.25, 0.3) is 11.6 Å². The van der Waals surface area contributed by atoms with Crippen LogP contribution in [0.15, 0.2) is 36.4 Å². The summed E-state index contributed by atoms with van der Waals surface area (Å²) in [5.74, 6) is -0.239. The number of benzene rings is 2. The summed E-state index contributed by atoms with van der Waals surface area (Å²) in [6.07, 6.45) is 2.81. The van der Waals surface area contributed by atoms with Crippen LogP contribution in [0.25, 0.3) is 0 Å². The van der Waals surface area contributed by atoms with E-state index in [-0.39, 0.29) is 22.6 Å². The second-order valence-corrected chi connectivity index (χ2v) is 9.93. The molecule has 0 saturated carbocycles. The van der Waals surface area contributed by atoms with Gasteiger partial charge in [-0.3, -0.25) is 14.9 Å². The van der Waals surface area contributed by atoms with E-state index in [0.717, 1.165) is 48.7 Å². The van der Waals surface area contributed by atoms with E-state index in [2.05, 4.69) is 42.3 Å². The zero-order valence-corrected chi connectivity index (χ0v) is 20.2. The summed E-state index contributed by atoms with van der Waals surface area (Å²) < 4.78 is 0. The van der Waals surface area contributed by atoms with Crippen LogP contribution in [0.2, 0.25) is 0 Å². The molecule has 2 aromatic rings. The van der Waals surface area contributed by atoms with Crippen molar-refractivity contribution in [3.8, 4) is 0 Å². The smallest absolute Gasteiger partial charge is 0.282 e. The molecular formula is C25H30N4O3S. The lowest BCUT2D eigenvalue weighted by atomic mass is 9.78. The number of rotatable bonds is 3. The lowest BCUT2D eigenvalue weighted by molar-refractivity contribution is -0.385. The van der Waals surface area contributed by atoms with Crippen LogP contribution in [-0.2, 0) is 0 Å². The zero-order valence-electron chi connectivity index (χ0n) is 19.4. The molecule has 4 rings (SSSR count). The zero-order chi connectivity index (χ0) is 23.8. The number of likely N-dealkylation sites (tertiary alicyclic amines) is 2. The lowest BCUT2D eigenvalue weighted by Gasteiger charge is -2.40. The summed E-state index contributed by atoms with van der Waals surface area (Å²) >= 11 is 5.67. The van der Waals surface area contributed by atoms with Gasteiger partial charge in [0.05, 0.1) is 4.92 Å². The van der Waals surface area contributed by atoms with Crippen molar-refractivity contribution in [2.45, 2.75) is 40.0 Å². The summed E-state index contributed by atoms with van der Waals surface area (Å²) in [6.45, 7) is 8.94. The topological polar surface area (TPSA) is 78.7 Å². The molecule has 174 valence electrons. The molecule has 0 aromatic heterocycles. The molecule has 8 heteroatoms. The van der Waals surface area contributed by atoms with Crippen molar-refractivity contribution >= 4 is 34.6 Å². The first-order chi connectivity index (χ1) is 15.7. The Bertz CT molecular complexity index is 1090. The van der Waals surface area contributed by atoms with Crippen LogP contribution in [-0.4, -0.2) is 51.9 Å². The molecule has 1 spiro atoms. The Balaban J connectivity index is 1.38. The third kappa shape index (κ3) is 5.00. The Kier molecular flexibility index (Phi) is 6.38. The van der Waals surface area contributed by atoms with Gasteiger partial charge in [-0.05, 0) is 92.6 Å². The van der Waals surface area contributed by atoms with Crippen molar-refractivity contribution in [2.75, 3.05) is 31.5 Å². The number of carbonyl (C=O) groups is 1. The number of thiocarbonyl (C=S) groups is 1. The molecule has 2 heterocycles. The van der Waals surface area contributed by atoms with E-state index in [1.165, 1.54) is 17.2 Å². The number of nitro groups is 1. The van der Waals surface area contributed by atoms with Gasteiger partial charge in [-0.2, -0.15) is 0 Å². The van der Waals surface area contributed by atoms with Gasteiger partial charge in [0, 0.05) is 37.9 Å². The fourth-order valence-electron chi connectivity index (χ4n) is 5.10. The van der Waals surface area contributed by atoms with E-state index < -0.39 is 4.92 Å². The molecule has 0 unspecified atom stereocenters. The van der Waals surface area contributed by atoms with Crippen LogP contribution >= 0.6 is 12.2 Å².